The Kier molecular flexibility index (Phi) is 7.19. The third-order valence-electron chi connectivity index (χ3n) is 4.32. The number of carbonyl (C=O) groups excluding carboxylic acids is 2. The summed E-state index contributed by atoms with van der Waals surface area (Å²) >= 11 is 3.34. The van der Waals surface area contributed by atoms with Gasteiger partial charge in [0.2, 0.25) is 0 Å². The van der Waals surface area contributed by atoms with Gasteiger partial charge in [-0.05, 0) is 42.5 Å². The van der Waals surface area contributed by atoms with E-state index >= 15 is 0 Å². The largest absolute Gasteiger partial charge is 0.483 e. The van der Waals surface area contributed by atoms with Crippen LogP contribution in [0.3, 0.4) is 0 Å². The van der Waals surface area contributed by atoms with Crippen LogP contribution in [0.5, 0.6) is 5.75 Å². The number of rotatable bonds is 7. The maximum absolute atomic E-state index is 13.9. The molecule has 0 saturated heterocycles. The molecule has 0 bridgehead atoms. The van der Waals surface area contributed by atoms with Gasteiger partial charge in [-0.15, -0.1) is 0 Å². The summed E-state index contributed by atoms with van der Waals surface area (Å²) in [4.78, 5) is 26.5. The Hall–Kier alpha value is -3.19. The summed E-state index contributed by atoms with van der Waals surface area (Å²) in [6.07, 6.45) is 0. The van der Waals surface area contributed by atoms with E-state index in [0.717, 1.165) is 4.47 Å². The van der Waals surface area contributed by atoms with Crippen molar-refractivity contribution < 1.29 is 18.7 Å². The lowest BCUT2D eigenvalue weighted by atomic mass is 10.1. The maximum Gasteiger partial charge on any atom is 0.262 e. The van der Waals surface area contributed by atoms with E-state index in [0.29, 0.717) is 16.8 Å². The number of ether oxygens (including phenoxy) is 1. The monoisotopic (exact) mass is 470 g/mol. The minimum absolute atomic E-state index is 0.115. The summed E-state index contributed by atoms with van der Waals surface area (Å²) in [5, 5.41) is 2.73. The Labute approximate surface area is 182 Å². The maximum atomic E-state index is 13.9. The highest BCUT2D eigenvalue weighted by Crippen LogP contribution is 2.21. The van der Waals surface area contributed by atoms with Crippen molar-refractivity contribution >= 4 is 33.4 Å². The molecule has 0 atom stereocenters. The molecule has 30 heavy (non-hydrogen) atoms. The van der Waals surface area contributed by atoms with Crippen molar-refractivity contribution in [2.24, 2.45) is 0 Å². The number of halogens is 2. The third kappa shape index (κ3) is 5.67. The van der Waals surface area contributed by atoms with Crippen molar-refractivity contribution in [1.82, 2.24) is 4.90 Å². The van der Waals surface area contributed by atoms with Gasteiger partial charge in [-0.1, -0.05) is 46.3 Å². The van der Waals surface area contributed by atoms with Crippen LogP contribution in [0.15, 0.2) is 77.3 Å². The van der Waals surface area contributed by atoms with Gasteiger partial charge in [0.1, 0.15) is 11.6 Å². The zero-order chi connectivity index (χ0) is 21.5. The van der Waals surface area contributed by atoms with Crippen LogP contribution in [0.1, 0.15) is 15.9 Å². The zero-order valence-corrected chi connectivity index (χ0v) is 17.9. The van der Waals surface area contributed by atoms with Gasteiger partial charge in [-0.2, -0.15) is 0 Å². The molecule has 0 aliphatic rings. The van der Waals surface area contributed by atoms with Crippen LogP contribution in [0.4, 0.5) is 10.1 Å². The van der Waals surface area contributed by atoms with Crippen LogP contribution in [0.25, 0.3) is 0 Å². The fraction of sp³-hybridized carbons (Fsp3) is 0.130. The lowest BCUT2D eigenvalue weighted by Crippen LogP contribution is -2.27. The van der Waals surface area contributed by atoms with Crippen LogP contribution in [0, 0.1) is 5.82 Å². The molecule has 5 nitrogen and oxygen atoms in total. The van der Waals surface area contributed by atoms with E-state index in [-0.39, 0.29) is 36.5 Å². The Morgan fingerprint density at radius 2 is 1.67 bits per heavy atom. The Morgan fingerprint density at radius 1 is 1.00 bits per heavy atom. The molecule has 7 heteroatoms. The molecule has 3 rings (SSSR count). The summed E-state index contributed by atoms with van der Waals surface area (Å²) in [6, 6.07) is 20.1. The summed E-state index contributed by atoms with van der Waals surface area (Å²) in [5.41, 5.74) is 1.36. The van der Waals surface area contributed by atoms with Gasteiger partial charge in [-0.3, -0.25) is 9.59 Å². The lowest BCUT2D eigenvalue weighted by molar-refractivity contribution is -0.118. The second-order valence-corrected chi connectivity index (χ2v) is 7.51. The van der Waals surface area contributed by atoms with Gasteiger partial charge in [0, 0.05) is 29.3 Å². The van der Waals surface area contributed by atoms with Gasteiger partial charge in [-0.25, -0.2) is 4.39 Å². The molecular weight excluding hydrogens is 451 g/mol. The second kappa shape index (κ2) is 10.0. The number of carbonyl (C=O) groups is 2. The number of amides is 2. The van der Waals surface area contributed by atoms with Gasteiger partial charge in [0.25, 0.3) is 11.8 Å². The van der Waals surface area contributed by atoms with Crippen molar-refractivity contribution in [3.8, 4) is 5.75 Å². The Morgan fingerprint density at radius 3 is 2.40 bits per heavy atom. The molecule has 2 amide bonds. The first-order valence-corrected chi connectivity index (χ1v) is 9.99. The number of hydrogen-bond acceptors (Lipinski definition) is 3. The van der Waals surface area contributed by atoms with Crippen LogP contribution in [0.2, 0.25) is 0 Å². The Bertz CT molecular complexity index is 1040. The van der Waals surface area contributed by atoms with Crippen LogP contribution < -0.4 is 10.1 Å². The van der Waals surface area contributed by atoms with Crippen molar-refractivity contribution in [3.05, 3.63) is 94.2 Å². The van der Waals surface area contributed by atoms with Crippen molar-refractivity contribution in [2.75, 3.05) is 19.0 Å². The van der Waals surface area contributed by atoms with E-state index in [9.17, 15) is 14.0 Å². The molecule has 154 valence electrons. The smallest absolute Gasteiger partial charge is 0.262 e. The summed E-state index contributed by atoms with van der Waals surface area (Å²) in [5.74, 6) is -0.762. The van der Waals surface area contributed by atoms with Crippen molar-refractivity contribution in [2.45, 2.75) is 6.54 Å². The van der Waals surface area contributed by atoms with Crippen LogP contribution in [-0.4, -0.2) is 30.4 Å². The van der Waals surface area contributed by atoms with E-state index in [1.54, 1.807) is 61.6 Å². The quantitative estimate of drug-likeness (QED) is 0.535. The third-order valence-corrected chi connectivity index (χ3v) is 4.84. The molecule has 0 saturated carbocycles. The standard InChI is InChI=1S/C23H20BrFN2O3/c1-27(14-16-6-2-4-8-20(16)25)23(29)19-7-3-5-9-21(19)30-15-22(28)26-18-12-10-17(24)11-13-18/h2-13H,14-15H2,1H3,(H,26,28). The number of para-hydroxylation sites is 1. The molecule has 0 fully saturated rings. The minimum Gasteiger partial charge on any atom is -0.483 e. The van der Waals surface area contributed by atoms with Gasteiger partial charge < -0.3 is 15.0 Å². The number of nitrogens with one attached hydrogen (secondary N) is 1. The fourth-order valence-corrected chi connectivity index (χ4v) is 3.07. The van der Waals surface area contributed by atoms with Crippen molar-refractivity contribution in [3.63, 3.8) is 0 Å². The molecule has 0 aliphatic heterocycles. The highest BCUT2D eigenvalue weighted by molar-refractivity contribution is 9.10. The second-order valence-electron chi connectivity index (χ2n) is 6.59. The van der Waals surface area contributed by atoms with Crippen LogP contribution >= 0.6 is 15.9 Å². The molecule has 1 N–H and O–H groups in total. The SMILES string of the molecule is CN(Cc1ccccc1F)C(=O)c1ccccc1OCC(=O)Nc1ccc(Br)cc1. The van der Waals surface area contributed by atoms with Crippen LogP contribution in [-0.2, 0) is 11.3 Å². The zero-order valence-electron chi connectivity index (χ0n) is 16.3. The van der Waals surface area contributed by atoms with Gasteiger partial charge >= 0.3 is 0 Å². The van der Waals surface area contributed by atoms with Gasteiger partial charge in [0.15, 0.2) is 6.61 Å². The highest BCUT2D eigenvalue weighted by atomic mass is 79.9. The molecule has 0 heterocycles. The summed E-state index contributed by atoms with van der Waals surface area (Å²) in [6.45, 7) is -0.138. The summed E-state index contributed by atoms with van der Waals surface area (Å²) < 4.78 is 20.4. The average Bonchev–Trinajstić information content (AvgIpc) is 2.75. The number of hydrogen-bond donors (Lipinski definition) is 1. The minimum atomic E-state index is -0.369. The van der Waals surface area contributed by atoms with E-state index in [4.69, 9.17) is 4.74 Å². The number of benzene rings is 3. The first-order valence-electron chi connectivity index (χ1n) is 9.20. The molecule has 0 aliphatic carbocycles. The molecule has 0 spiro atoms. The lowest BCUT2D eigenvalue weighted by Gasteiger charge is -2.19. The predicted molar refractivity (Wildman–Crippen MR) is 117 cm³/mol. The Balaban J connectivity index is 1.64. The van der Waals surface area contributed by atoms with E-state index < -0.39 is 0 Å². The highest BCUT2D eigenvalue weighted by Gasteiger charge is 2.18. The molecule has 3 aromatic rings. The van der Waals surface area contributed by atoms with Crippen molar-refractivity contribution in [1.29, 1.82) is 0 Å². The molecule has 3 aromatic carbocycles. The first kappa shape index (κ1) is 21.5. The van der Waals surface area contributed by atoms with E-state index in [1.165, 1.54) is 11.0 Å². The molecule has 0 unspecified atom stereocenters. The van der Waals surface area contributed by atoms with E-state index in [1.807, 2.05) is 12.1 Å². The first-order chi connectivity index (χ1) is 14.4. The molecular formula is C23H20BrFN2O3. The van der Waals surface area contributed by atoms with E-state index in [2.05, 4.69) is 21.2 Å². The van der Waals surface area contributed by atoms with Gasteiger partial charge in [0.05, 0.1) is 5.56 Å². The summed E-state index contributed by atoms with van der Waals surface area (Å²) in [7, 11) is 1.59. The molecule has 0 aromatic heterocycles. The number of anilines is 1. The average molecular weight is 471 g/mol. The normalized spacial score (nSPS) is 10.4. The number of nitrogens with zero attached hydrogens (tertiary/aromatic N) is 1. The topological polar surface area (TPSA) is 58.6 Å². The molecule has 0 radical (unpaired) electrons. The fourth-order valence-electron chi connectivity index (χ4n) is 2.80. The predicted octanol–water partition coefficient (Wildman–Crippen LogP) is 4.88.